The van der Waals surface area contributed by atoms with E-state index in [0.29, 0.717) is 19.3 Å². The van der Waals surface area contributed by atoms with Gasteiger partial charge >= 0.3 is 0 Å². The Balaban J connectivity index is 1.31. The summed E-state index contributed by atoms with van der Waals surface area (Å²) in [6, 6.07) is 9.55. The van der Waals surface area contributed by atoms with Crippen LogP contribution in [0.2, 0.25) is 0 Å². The number of carbonyl (C=O) groups is 2. The number of rotatable bonds is 10. The average Bonchev–Trinajstić information content (AvgIpc) is 3.30. The van der Waals surface area contributed by atoms with Gasteiger partial charge in [0.25, 0.3) is 0 Å². The molecule has 0 aliphatic carbocycles. The van der Waals surface area contributed by atoms with Crippen LogP contribution >= 0.6 is 0 Å². The summed E-state index contributed by atoms with van der Waals surface area (Å²) in [7, 11) is 1.65. The van der Waals surface area contributed by atoms with Crippen LogP contribution in [0.4, 0.5) is 5.69 Å². The first kappa shape index (κ1) is 22.3. The summed E-state index contributed by atoms with van der Waals surface area (Å²) in [5.74, 6) is -0.0203. The van der Waals surface area contributed by atoms with Crippen molar-refractivity contribution in [1.82, 2.24) is 30.3 Å². The molecule has 0 saturated carbocycles. The van der Waals surface area contributed by atoms with Gasteiger partial charge in [-0.3, -0.25) is 24.2 Å². The minimum Gasteiger partial charge on any atom is -0.359 e. The van der Waals surface area contributed by atoms with E-state index in [1.165, 1.54) is 0 Å². The molecule has 9 heteroatoms. The first-order valence-electron chi connectivity index (χ1n) is 11.2. The third-order valence-electron chi connectivity index (χ3n) is 5.50. The lowest BCUT2D eigenvalue weighted by atomic mass is 10.1. The highest BCUT2D eigenvalue weighted by Crippen LogP contribution is 2.29. The van der Waals surface area contributed by atoms with Crippen molar-refractivity contribution in [2.75, 3.05) is 12.4 Å². The van der Waals surface area contributed by atoms with E-state index in [2.05, 4.69) is 30.9 Å². The first-order chi connectivity index (χ1) is 16.1. The number of amides is 2. The largest absolute Gasteiger partial charge is 0.359 e. The van der Waals surface area contributed by atoms with Crippen LogP contribution in [0.25, 0.3) is 21.8 Å². The van der Waals surface area contributed by atoms with Crippen LogP contribution in [0.5, 0.6) is 0 Å². The molecule has 33 heavy (non-hydrogen) atoms. The van der Waals surface area contributed by atoms with Crippen molar-refractivity contribution in [3.63, 3.8) is 0 Å². The molecule has 0 aliphatic rings. The number of nitrogens with zero attached hydrogens (tertiary/aromatic N) is 5. The van der Waals surface area contributed by atoms with Crippen molar-refractivity contribution in [3.8, 4) is 0 Å². The fraction of sp³-hybridized carbons (Fsp3) is 0.333. The van der Waals surface area contributed by atoms with Crippen LogP contribution < -0.4 is 10.6 Å². The van der Waals surface area contributed by atoms with Crippen LogP contribution in [-0.4, -0.2) is 43.8 Å². The molecule has 3 aromatic heterocycles. The van der Waals surface area contributed by atoms with E-state index in [1.807, 2.05) is 36.5 Å². The van der Waals surface area contributed by atoms with E-state index in [-0.39, 0.29) is 11.8 Å². The van der Waals surface area contributed by atoms with Crippen LogP contribution in [-0.2, 0) is 22.6 Å². The highest BCUT2D eigenvalue weighted by Gasteiger charge is 2.12. The third kappa shape index (κ3) is 5.68. The topological polar surface area (TPSA) is 115 Å². The van der Waals surface area contributed by atoms with Gasteiger partial charge in [0, 0.05) is 62.2 Å². The van der Waals surface area contributed by atoms with Crippen LogP contribution in [0, 0.1) is 0 Å². The number of nitrogens with one attached hydrogen (secondary N) is 2. The lowest BCUT2D eigenvalue weighted by molar-refractivity contribution is -0.120. The maximum atomic E-state index is 12.7. The zero-order valence-electron chi connectivity index (χ0n) is 18.6. The molecule has 0 aliphatic heterocycles. The predicted molar refractivity (Wildman–Crippen MR) is 127 cm³/mol. The smallest absolute Gasteiger partial charge is 0.224 e. The standard InChI is InChI=1S/C24H27N7O2/c1-25-21(32)9-3-2-4-14-31-16-18(29-30-31)10-11-22(33)28-20-15-17-7-5-12-26-23(17)24-19(20)8-6-13-27-24/h5-8,12-13,15-16H,2-4,9-11,14H2,1H3,(H,25,32)(H,28,33). The van der Waals surface area contributed by atoms with Crippen LogP contribution in [0.1, 0.15) is 37.8 Å². The third-order valence-corrected chi connectivity index (χ3v) is 5.50. The molecule has 0 saturated heterocycles. The molecular formula is C24H27N7O2. The van der Waals surface area contributed by atoms with Crippen molar-refractivity contribution >= 4 is 39.3 Å². The van der Waals surface area contributed by atoms with E-state index >= 15 is 0 Å². The SMILES string of the molecule is CNC(=O)CCCCCn1cc(CCC(=O)Nc2cc3cccnc3c3ncccc23)nn1. The zero-order valence-corrected chi connectivity index (χ0v) is 18.6. The number of hydrogen-bond acceptors (Lipinski definition) is 6. The molecule has 3 heterocycles. The molecule has 0 radical (unpaired) electrons. The van der Waals surface area contributed by atoms with Gasteiger partial charge < -0.3 is 10.6 Å². The Labute approximate surface area is 191 Å². The fourth-order valence-corrected chi connectivity index (χ4v) is 3.76. The predicted octanol–water partition coefficient (Wildman–Crippen LogP) is 3.25. The number of pyridine rings is 2. The number of carbonyl (C=O) groups excluding carboxylic acids is 2. The van der Waals surface area contributed by atoms with Gasteiger partial charge in [-0.2, -0.15) is 0 Å². The lowest BCUT2D eigenvalue weighted by Gasteiger charge is -2.10. The van der Waals surface area contributed by atoms with Crippen molar-refractivity contribution in [2.45, 2.75) is 45.1 Å². The molecule has 0 spiro atoms. The molecule has 9 nitrogen and oxygen atoms in total. The number of aryl methyl sites for hydroxylation is 2. The number of aromatic nitrogens is 5. The van der Waals surface area contributed by atoms with Crippen LogP contribution in [0.15, 0.2) is 48.9 Å². The molecule has 2 amide bonds. The molecule has 170 valence electrons. The molecule has 1 aromatic carbocycles. The van der Waals surface area contributed by atoms with Gasteiger partial charge in [0.15, 0.2) is 0 Å². The molecular weight excluding hydrogens is 418 g/mol. The number of benzene rings is 1. The van der Waals surface area contributed by atoms with E-state index in [0.717, 1.165) is 59.0 Å². The Morgan fingerprint density at radius 1 is 0.970 bits per heavy atom. The first-order valence-corrected chi connectivity index (χ1v) is 11.2. The van der Waals surface area contributed by atoms with Gasteiger partial charge in [-0.05, 0) is 37.1 Å². The van der Waals surface area contributed by atoms with Gasteiger partial charge in [0.1, 0.15) is 0 Å². The van der Waals surface area contributed by atoms with Gasteiger partial charge in [-0.1, -0.05) is 17.7 Å². The Morgan fingerprint density at radius 2 is 1.79 bits per heavy atom. The number of hydrogen-bond donors (Lipinski definition) is 2. The second kappa shape index (κ2) is 10.6. The summed E-state index contributed by atoms with van der Waals surface area (Å²) in [6.07, 6.45) is 9.45. The zero-order chi connectivity index (χ0) is 23.0. The lowest BCUT2D eigenvalue weighted by Crippen LogP contribution is -2.16. The summed E-state index contributed by atoms with van der Waals surface area (Å²) in [4.78, 5) is 32.8. The molecule has 0 bridgehead atoms. The highest BCUT2D eigenvalue weighted by molar-refractivity contribution is 6.11. The molecule has 0 fully saturated rings. The summed E-state index contributed by atoms with van der Waals surface area (Å²) in [5.41, 5.74) is 3.09. The van der Waals surface area contributed by atoms with E-state index in [9.17, 15) is 9.59 Å². The number of anilines is 1. The van der Waals surface area contributed by atoms with Gasteiger partial charge in [0.05, 0.1) is 22.4 Å². The Kier molecular flexibility index (Phi) is 7.19. The maximum absolute atomic E-state index is 12.7. The summed E-state index contributed by atoms with van der Waals surface area (Å²) in [5, 5.41) is 15.8. The average molecular weight is 446 g/mol. The Morgan fingerprint density at radius 3 is 2.64 bits per heavy atom. The summed E-state index contributed by atoms with van der Waals surface area (Å²) in [6.45, 7) is 0.747. The van der Waals surface area contributed by atoms with Gasteiger partial charge in [-0.25, -0.2) is 0 Å². The Hall–Kier alpha value is -3.88. The van der Waals surface area contributed by atoms with E-state index in [1.54, 1.807) is 24.1 Å². The number of unbranched alkanes of at least 4 members (excludes halogenated alkanes) is 2. The minimum atomic E-state index is -0.0906. The normalized spacial score (nSPS) is 11.1. The number of fused-ring (bicyclic) bond motifs is 3. The molecule has 4 aromatic rings. The molecule has 2 N–H and O–H groups in total. The molecule has 4 rings (SSSR count). The van der Waals surface area contributed by atoms with Crippen molar-refractivity contribution in [2.24, 2.45) is 0 Å². The van der Waals surface area contributed by atoms with E-state index < -0.39 is 0 Å². The second-order valence-corrected chi connectivity index (χ2v) is 7.90. The minimum absolute atomic E-state index is 0.0703. The van der Waals surface area contributed by atoms with Crippen molar-refractivity contribution in [1.29, 1.82) is 0 Å². The highest BCUT2D eigenvalue weighted by atomic mass is 16.2. The van der Waals surface area contributed by atoms with Gasteiger partial charge in [-0.15, -0.1) is 5.10 Å². The fourth-order valence-electron chi connectivity index (χ4n) is 3.76. The monoisotopic (exact) mass is 445 g/mol. The Bertz CT molecular complexity index is 1270. The maximum Gasteiger partial charge on any atom is 0.224 e. The summed E-state index contributed by atoms with van der Waals surface area (Å²) >= 11 is 0. The van der Waals surface area contributed by atoms with Crippen LogP contribution in [0.3, 0.4) is 0 Å². The molecule has 0 atom stereocenters. The quantitative estimate of drug-likeness (QED) is 0.286. The van der Waals surface area contributed by atoms with E-state index in [4.69, 9.17) is 0 Å². The van der Waals surface area contributed by atoms with Crippen molar-refractivity contribution in [3.05, 3.63) is 54.6 Å². The van der Waals surface area contributed by atoms with Gasteiger partial charge in [0.2, 0.25) is 11.8 Å². The van der Waals surface area contributed by atoms with Crippen molar-refractivity contribution < 1.29 is 9.59 Å². The second-order valence-electron chi connectivity index (χ2n) is 7.90. The summed E-state index contributed by atoms with van der Waals surface area (Å²) < 4.78 is 1.79. The molecule has 0 unspecified atom stereocenters.